The fourth-order valence-corrected chi connectivity index (χ4v) is 4.34. The maximum absolute atomic E-state index is 12.9. The van der Waals surface area contributed by atoms with Crippen LogP contribution in [0.1, 0.15) is 61.7 Å². The van der Waals surface area contributed by atoms with Gasteiger partial charge in [-0.3, -0.25) is 4.79 Å². The molecule has 1 amide bonds. The summed E-state index contributed by atoms with van der Waals surface area (Å²) in [6.07, 6.45) is 2.12. The minimum Gasteiger partial charge on any atom is -0.378 e. The Hall–Kier alpha value is -2.59. The van der Waals surface area contributed by atoms with Gasteiger partial charge in [-0.25, -0.2) is 0 Å². The van der Waals surface area contributed by atoms with Crippen molar-refractivity contribution in [3.8, 4) is 0 Å². The molecule has 1 aliphatic heterocycles. The summed E-state index contributed by atoms with van der Waals surface area (Å²) in [6, 6.07) is 14.9. The number of aromatic amines is 1. The number of morpholine rings is 1. The molecule has 1 aliphatic rings. The lowest BCUT2D eigenvalue weighted by molar-refractivity contribution is 0.0303. The zero-order chi connectivity index (χ0) is 22.6. The summed E-state index contributed by atoms with van der Waals surface area (Å²) in [7, 11) is 0. The number of ether oxygens (including phenoxy) is 1. The molecule has 0 bridgehead atoms. The molecule has 1 aromatic heterocycles. The Morgan fingerprint density at radius 3 is 2.32 bits per heavy atom. The first-order valence-corrected chi connectivity index (χ1v) is 11.5. The van der Waals surface area contributed by atoms with E-state index in [1.807, 2.05) is 30.9 Å². The second kappa shape index (κ2) is 9.69. The fraction of sp³-hybridized carbons (Fsp3) is 0.444. The van der Waals surface area contributed by atoms with Gasteiger partial charge in [-0.05, 0) is 36.1 Å². The van der Waals surface area contributed by atoms with Crippen LogP contribution in [0.2, 0.25) is 0 Å². The van der Waals surface area contributed by atoms with E-state index in [2.05, 4.69) is 69.2 Å². The van der Waals surface area contributed by atoms with E-state index >= 15 is 0 Å². The molecular formula is C27H36N2O2. The lowest BCUT2D eigenvalue weighted by atomic mass is 9.68. The van der Waals surface area contributed by atoms with Crippen molar-refractivity contribution in [1.82, 2.24) is 9.88 Å². The van der Waals surface area contributed by atoms with Crippen LogP contribution in [0.4, 0.5) is 0 Å². The van der Waals surface area contributed by atoms with Crippen LogP contribution < -0.4 is 0 Å². The molecule has 0 saturated carbocycles. The summed E-state index contributed by atoms with van der Waals surface area (Å²) in [5.74, 6) is 0.496. The Labute approximate surface area is 186 Å². The molecule has 3 aromatic rings. The third-order valence-electron chi connectivity index (χ3n) is 6.59. The summed E-state index contributed by atoms with van der Waals surface area (Å²) in [6.45, 7) is 15.5. The Morgan fingerprint density at radius 2 is 1.71 bits per heavy atom. The van der Waals surface area contributed by atoms with Crippen LogP contribution in [0, 0.1) is 12.8 Å². The molecule has 4 nitrogen and oxygen atoms in total. The van der Waals surface area contributed by atoms with Crippen LogP contribution in [0.15, 0.2) is 48.7 Å². The average molecular weight is 421 g/mol. The largest absolute Gasteiger partial charge is 0.378 e. The van der Waals surface area contributed by atoms with Gasteiger partial charge in [0.25, 0.3) is 5.91 Å². The number of nitrogens with zero attached hydrogens (tertiary/aromatic N) is 1. The van der Waals surface area contributed by atoms with E-state index in [0.29, 0.717) is 32.2 Å². The molecule has 1 fully saturated rings. The van der Waals surface area contributed by atoms with Crippen molar-refractivity contribution in [2.24, 2.45) is 5.92 Å². The number of aryl methyl sites for hydroxylation is 1. The molecule has 166 valence electrons. The highest BCUT2D eigenvalue weighted by Crippen LogP contribution is 2.42. The third-order valence-corrected chi connectivity index (χ3v) is 6.59. The highest BCUT2D eigenvalue weighted by molar-refractivity contribution is 5.98. The molecule has 1 unspecified atom stereocenters. The normalized spacial score (nSPS) is 16.0. The monoisotopic (exact) mass is 420 g/mol. The van der Waals surface area contributed by atoms with E-state index in [1.165, 1.54) is 22.1 Å². The van der Waals surface area contributed by atoms with E-state index in [0.717, 1.165) is 11.1 Å². The molecule has 31 heavy (non-hydrogen) atoms. The number of carbonyl (C=O) groups excluding carboxylic acids is 1. The predicted octanol–water partition coefficient (Wildman–Crippen LogP) is 5.94. The Bertz CT molecular complexity index is 1010. The number of fused-ring (bicyclic) bond motifs is 1. The lowest BCUT2D eigenvalue weighted by Crippen LogP contribution is -2.40. The van der Waals surface area contributed by atoms with Crippen LogP contribution in [0.5, 0.6) is 0 Å². The van der Waals surface area contributed by atoms with Crippen molar-refractivity contribution >= 4 is 16.8 Å². The fourth-order valence-electron chi connectivity index (χ4n) is 4.34. The van der Waals surface area contributed by atoms with E-state index in [1.54, 1.807) is 0 Å². The maximum Gasteiger partial charge on any atom is 0.254 e. The standard InChI is InChI=1S/C25H30N2O2.C2H6/c1-17(2)25(4,20-8-5-18(3)6-9-20)22-16-26-23-15-19(7-10-21(22)23)24(28)27-11-13-29-14-12-27;1-2/h5-10,15-17,26H,11-14H2,1-4H3;1-2H3. The smallest absolute Gasteiger partial charge is 0.254 e. The molecule has 4 heteroatoms. The number of hydrogen-bond acceptors (Lipinski definition) is 2. The average Bonchev–Trinajstić information content (AvgIpc) is 3.24. The molecule has 1 saturated heterocycles. The number of carbonyl (C=O) groups is 1. The predicted molar refractivity (Wildman–Crippen MR) is 129 cm³/mol. The van der Waals surface area contributed by atoms with E-state index < -0.39 is 0 Å². The Balaban J connectivity index is 0.00000132. The highest BCUT2D eigenvalue weighted by Gasteiger charge is 2.34. The van der Waals surface area contributed by atoms with Crippen molar-refractivity contribution in [3.63, 3.8) is 0 Å². The number of aromatic nitrogens is 1. The van der Waals surface area contributed by atoms with Crippen LogP contribution in [0.25, 0.3) is 10.9 Å². The number of H-pyrrole nitrogens is 1. The summed E-state index contributed by atoms with van der Waals surface area (Å²) in [4.78, 5) is 18.2. The molecular weight excluding hydrogens is 384 g/mol. The first-order chi connectivity index (χ1) is 14.9. The molecule has 1 atom stereocenters. The number of benzene rings is 2. The molecule has 1 N–H and O–H groups in total. The summed E-state index contributed by atoms with van der Waals surface area (Å²) >= 11 is 0. The van der Waals surface area contributed by atoms with Gasteiger partial charge in [0.2, 0.25) is 0 Å². The molecule has 0 aliphatic carbocycles. The van der Waals surface area contributed by atoms with Gasteiger partial charge in [0.1, 0.15) is 0 Å². The Kier molecular flexibility index (Phi) is 7.22. The van der Waals surface area contributed by atoms with Gasteiger partial charge in [0, 0.05) is 41.2 Å². The SMILES string of the molecule is CC.Cc1ccc(C(C)(c2c[nH]c3cc(C(=O)N4CCOCC4)ccc23)C(C)C)cc1. The third kappa shape index (κ3) is 4.40. The molecule has 0 spiro atoms. The number of nitrogens with one attached hydrogen (secondary N) is 1. The van der Waals surface area contributed by atoms with Gasteiger partial charge in [-0.15, -0.1) is 0 Å². The second-order valence-corrected chi connectivity index (χ2v) is 8.59. The quantitative estimate of drug-likeness (QED) is 0.568. The number of hydrogen-bond donors (Lipinski definition) is 1. The van der Waals surface area contributed by atoms with Gasteiger partial charge in [0.05, 0.1) is 13.2 Å². The minimum absolute atomic E-state index is 0.0801. The zero-order valence-electron chi connectivity index (χ0n) is 19.8. The van der Waals surface area contributed by atoms with Crippen LogP contribution in [0.3, 0.4) is 0 Å². The van der Waals surface area contributed by atoms with Gasteiger partial charge >= 0.3 is 0 Å². The summed E-state index contributed by atoms with van der Waals surface area (Å²) in [5.41, 5.74) is 5.48. The zero-order valence-corrected chi connectivity index (χ0v) is 19.8. The van der Waals surface area contributed by atoms with E-state index in [9.17, 15) is 4.79 Å². The van der Waals surface area contributed by atoms with E-state index in [4.69, 9.17) is 4.74 Å². The van der Waals surface area contributed by atoms with Crippen LogP contribution in [-0.4, -0.2) is 42.1 Å². The van der Waals surface area contributed by atoms with Crippen LogP contribution in [-0.2, 0) is 10.2 Å². The second-order valence-electron chi connectivity index (χ2n) is 8.59. The van der Waals surface area contributed by atoms with Crippen LogP contribution >= 0.6 is 0 Å². The lowest BCUT2D eigenvalue weighted by Gasteiger charge is -2.35. The van der Waals surface area contributed by atoms with Crippen molar-refractivity contribution in [1.29, 1.82) is 0 Å². The van der Waals surface area contributed by atoms with Crippen molar-refractivity contribution in [2.45, 2.75) is 47.0 Å². The number of amides is 1. The summed E-state index contributed by atoms with van der Waals surface area (Å²) < 4.78 is 5.37. The van der Waals surface area contributed by atoms with E-state index in [-0.39, 0.29) is 11.3 Å². The summed E-state index contributed by atoms with van der Waals surface area (Å²) in [5, 5.41) is 1.18. The Morgan fingerprint density at radius 1 is 1.06 bits per heavy atom. The number of rotatable bonds is 4. The molecule has 0 radical (unpaired) electrons. The van der Waals surface area contributed by atoms with Gasteiger partial charge in [-0.2, -0.15) is 0 Å². The molecule has 2 aromatic carbocycles. The first-order valence-electron chi connectivity index (χ1n) is 11.5. The van der Waals surface area contributed by atoms with Crippen molar-refractivity contribution < 1.29 is 9.53 Å². The highest BCUT2D eigenvalue weighted by atomic mass is 16.5. The maximum atomic E-state index is 12.9. The van der Waals surface area contributed by atoms with Gasteiger partial charge in [-0.1, -0.05) is 70.5 Å². The van der Waals surface area contributed by atoms with Gasteiger partial charge < -0.3 is 14.6 Å². The first kappa shape index (κ1) is 23.1. The van der Waals surface area contributed by atoms with Crippen molar-refractivity contribution in [2.75, 3.05) is 26.3 Å². The molecule has 2 heterocycles. The minimum atomic E-state index is -0.123. The molecule has 4 rings (SSSR count). The van der Waals surface area contributed by atoms with Gasteiger partial charge in [0.15, 0.2) is 0 Å². The topological polar surface area (TPSA) is 45.3 Å². The van der Waals surface area contributed by atoms with Crippen molar-refractivity contribution in [3.05, 3.63) is 70.9 Å².